The number of amides is 1. The quantitative estimate of drug-likeness (QED) is 0.731. The van der Waals surface area contributed by atoms with Crippen LogP contribution in [0.15, 0.2) is 24.3 Å². The van der Waals surface area contributed by atoms with Gasteiger partial charge in [0.1, 0.15) is 5.75 Å². The van der Waals surface area contributed by atoms with E-state index in [0.717, 1.165) is 37.8 Å². The van der Waals surface area contributed by atoms with E-state index in [0.29, 0.717) is 38.0 Å². The number of aliphatic hydroxyl groups is 1. The lowest BCUT2D eigenvalue weighted by Crippen LogP contribution is -2.43. The third-order valence-electron chi connectivity index (χ3n) is 6.66. The Labute approximate surface area is 167 Å². The molecule has 0 atom stereocenters. The lowest BCUT2D eigenvalue weighted by atomic mass is 9.67. The van der Waals surface area contributed by atoms with E-state index in [2.05, 4.69) is 6.92 Å². The molecule has 0 radical (unpaired) electrons. The van der Waals surface area contributed by atoms with Crippen LogP contribution in [0, 0.1) is 5.41 Å². The van der Waals surface area contributed by atoms with Gasteiger partial charge in [-0.05, 0) is 75.6 Å². The van der Waals surface area contributed by atoms with Gasteiger partial charge < -0.3 is 14.2 Å². The molecular formula is C21H29NO5S. The zero-order valence-corrected chi connectivity index (χ0v) is 17.2. The largest absolute Gasteiger partial charge is 0.390 e. The van der Waals surface area contributed by atoms with Crippen LogP contribution in [0.1, 0.15) is 64.7 Å². The second-order valence-electron chi connectivity index (χ2n) is 8.73. The van der Waals surface area contributed by atoms with Crippen molar-refractivity contribution in [1.82, 2.24) is 0 Å². The minimum atomic E-state index is -3.53. The van der Waals surface area contributed by atoms with E-state index >= 15 is 0 Å². The smallest absolute Gasteiger partial charge is 0.312 e. The highest BCUT2D eigenvalue weighted by Crippen LogP contribution is 2.49. The summed E-state index contributed by atoms with van der Waals surface area (Å²) in [7, 11) is -3.53. The average molecular weight is 408 g/mol. The van der Waals surface area contributed by atoms with Crippen molar-refractivity contribution < 1.29 is 22.5 Å². The maximum absolute atomic E-state index is 13.2. The molecule has 0 unspecified atom stereocenters. The second kappa shape index (κ2) is 7.02. The first kappa shape index (κ1) is 19.7. The first-order chi connectivity index (χ1) is 13.3. The van der Waals surface area contributed by atoms with Crippen LogP contribution in [0.25, 0.3) is 0 Å². The van der Waals surface area contributed by atoms with Gasteiger partial charge in [-0.25, -0.2) is 0 Å². The second-order valence-corrected chi connectivity index (χ2v) is 10.5. The van der Waals surface area contributed by atoms with E-state index in [9.17, 15) is 18.3 Å². The zero-order valence-electron chi connectivity index (χ0n) is 16.4. The van der Waals surface area contributed by atoms with Gasteiger partial charge in [0.25, 0.3) is 0 Å². The van der Waals surface area contributed by atoms with Crippen molar-refractivity contribution in [3.05, 3.63) is 24.3 Å². The monoisotopic (exact) mass is 407 g/mol. The Morgan fingerprint density at radius 3 is 2.32 bits per heavy atom. The van der Waals surface area contributed by atoms with Crippen molar-refractivity contribution in [2.45, 2.75) is 75.6 Å². The van der Waals surface area contributed by atoms with Crippen LogP contribution in [0.2, 0.25) is 0 Å². The fourth-order valence-electron chi connectivity index (χ4n) is 4.68. The SMILES string of the molecule is CCCC1(O)CCC2(CCN(c3ccc(OS(=O)(=O)C4CC4)cc3)C2=O)CC1. The lowest BCUT2D eigenvalue weighted by molar-refractivity contribution is -0.130. The highest BCUT2D eigenvalue weighted by atomic mass is 32.2. The maximum Gasteiger partial charge on any atom is 0.312 e. The number of anilines is 1. The molecular weight excluding hydrogens is 378 g/mol. The van der Waals surface area contributed by atoms with Crippen LogP contribution in [-0.4, -0.2) is 36.8 Å². The minimum Gasteiger partial charge on any atom is -0.390 e. The first-order valence-electron chi connectivity index (χ1n) is 10.3. The van der Waals surface area contributed by atoms with Gasteiger partial charge in [-0.1, -0.05) is 13.3 Å². The summed E-state index contributed by atoms with van der Waals surface area (Å²) in [6, 6.07) is 6.75. The Morgan fingerprint density at radius 2 is 1.75 bits per heavy atom. The Hall–Kier alpha value is -1.60. The molecule has 1 amide bonds. The van der Waals surface area contributed by atoms with Crippen molar-refractivity contribution in [2.75, 3.05) is 11.4 Å². The van der Waals surface area contributed by atoms with Gasteiger partial charge in [0, 0.05) is 12.2 Å². The zero-order chi connectivity index (χ0) is 20.0. The normalized spacial score (nSPS) is 30.8. The van der Waals surface area contributed by atoms with Gasteiger partial charge in [-0.3, -0.25) is 4.79 Å². The number of carbonyl (C=O) groups excluding carboxylic acids is 1. The molecule has 0 bridgehead atoms. The molecule has 2 aliphatic carbocycles. The number of carbonyl (C=O) groups is 1. The summed E-state index contributed by atoms with van der Waals surface area (Å²) in [6.07, 6.45) is 6.73. The van der Waals surface area contributed by atoms with Crippen LogP contribution in [0.5, 0.6) is 5.75 Å². The van der Waals surface area contributed by atoms with Crippen molar-refractivity contribution in [3.63, 3.8) is 0 Å². The van der Waals surface area contributed by atoms with Crippen LogP contribution in [0.3, 0.4) is 0 Å². The third-order valence-corrected chi connectivity index (χ3v) is 8.37. The van der Waals surface area contributed by atoms with Crippen LogP contribution in [0.4, 0.5) is 5.69 Å². The highest BCUT2D eigenvalue weighted by Gasteiger charge is 2.51. The molecule has 4 rings (SSSR count). The molecule has 154 valence electrons. The Morgan fingerprint density at radius 1 is 1.11 bits per heavy atom. The van der Waals surface area contributed by atoms with Crippen molar-refractivity contribution in [3.8, 4) is 5.75 Å². The van der Waals surface area contributed by atoms with E-state index in [1.54, 1.807) is 29.2 Å². The molecule has 7 heteroatoms. The molecule has 1 N–H and O–H groups in total. The molecule has 3 aliphatic rings. The molecule has 1 heterocycles. The first-order valence-corrected chi connectivity index (χ1v) is 11.8. The predicted octanol–water partition coefficient (Wildman–Crippen LogP) is 3.39. The van der Waals surface area contributed by atoms with Crippen molar-refractivity contribution >= 4 is 21.7 Å². The minimum absolute atomic E-state index is 0.130. The number of nitrogens with zero attached hydrogens (tertiary/aromatic N) is 1. The summed E-state index contributed by atoms with van der Waals surface area (Å²) < 4.78 is 29.1. The van der Waals surface area contributed by atoms with E-state index in [4.69, 9.17) is 4.18 Å². The summed E-state index contributed by atoms with van der Waals surface area (Å²) in [4.78, 5) is 15.0. The van der Waals surface area contributed by atoms with E-state index in [1.165, 1.54) is 0 Å². The summed E-state index contributed by atoms with van der Waals surface area (Å²) >= 11 is 0. The molecule has 0 aromatic heterocycles. The van der Waals surface area contributed by atoms with Gasteiger partial charge in [-0.2, -0.15) is 8.42 Å². The Bertz CT molecular complexity index is 836. The highest BCUT2D eigenvalue weighted by molar-refractivity contribution is 7.88. The van der Waals surface area contributed by atoms with Gasteiger partial charge in [-0.15, -0.1) is 0 Å². The van der Waals surface area contributed by atoms with Gasteiger partial charge in [0.15, 0.2) is 0 Å². The molecule has 1 aromatic carbocycles. The van der Waals surface area contributed by atoms with E-state index < -0.39 is 15.7 Å². The Balaban J connectivity index is 1.42. The standard InChI is InChI=1S/C21H29NO5S/c1-2-9-21(24)12-10-20(11-13-21)14-15-22(19(20)23)16-3-5-17(6-4-16)27-28(25,26)18-7-8-18/h3-6,18,24H,2,7-15H2,1H3. The molecule has 6 nitrogen and oxygen atoms in total. The summed E-state index contributed by atoms with van der Waals surface area (Å²) in [5.74, 6) is 0.421. The van der Waals surface area contributed by atoms with Crippen LogP contribution >= 0.6 is 0 Å². The maximum atomic E-state index is 13.2. The number of benzene rings is 1. The number of rotatable bonds is 6. The van der Waals surface area contributed by atoms with Gasteiger partial charge in [0.05, 0.1) is 16.3 Å². The topological polar surface area (TPSA) is 83.9 Å². The van der Waals surface area contributed by atoms with Gasteiger partial charge in [0.2, 0.25) is 5.91 Å². The molecule has 3 fully saturated rings. The molecule has 1 aliphatic heterocycles. The average Bonchev–Trinajstić information content (AvgIpc) is 3.47. The third kappa shape index (κ3) is 3.66. The molecule has 1 spiro atoms. The molecule has 1 saturated heterocycles. The number of hydrogen-bond donors (Lipinski definition) is 1. The summed E-state index contributed by atoms with van der Waals surface area (Å²) in [6.45, 7) is 2.74. The molecule has 28 heavy (non-hydrogen) atoms. The molecule has 2 saturated carbocycles. The fourth-order valence-corrected chi connectivity index (χ4v) is 5.91. The fraction of sp³-hybridized carbons (Fsp3) is 0.667. The van der Waals surface area contributed by atoms with Crippen LogP contribution in [-0.2, 0) is 14.9 Å². The van der Waals surface area contributed by atoms with Crippen molar-refractivity contribution in [2.24, 2.45) is 5.41 Å². The van der Waals surface area contributed by atoms with Gasteiger partial charge >= 0.3 is 10.1 Å². The predicted molar refractivity (Wildman–Crippen MR) is 107 cm³/mol. The lowest BCUT2D eigenvalue weighted by Gasteiger charge is -2.41. The number of hydrogen-bond acceptors (Lipinski definition) is 5. The summed E-state index contributed by atoms with van der Waals surface area (Å²) in [5.41, 5.74) is -0.197. The van der Waals surface area contributed by atoms with E-state index in [1.807, 2.05) is 0 Å². The molecule has 1 aromatic rings. The van der Waals surface area contributed by atoms with Crippen molar-refractivity contribution in [1.29, 1.82) is 0 Å². The van der Waals surface area contributed by atoms with Crippen LogP contribution < -0.4 is 9.08 Å². The Kier molecular flexibility index (Phi) is 4.94. The summed E-state index contributed by atoms with van der Waals surface area (Å²) in [5, 5.41) is 10.3. The van der Waals surface area contributed by atoms with E-state index in [-0.39, 0.29) is 16.6 Å².